The SMILES string of the molecule is COC(=O)N1CCCCC1.c1cc2c(ncc3cncn32)[nH]1. The van der Waals surface area contributed by atoms with Crippen LogP contribution in [0.5, 0.6) is 0 Å². The summed E-state index contributed by atoms with van der Waals surface area (Å²) in [5, 5.41) is 0. The molecule has 116 valence electrons. The van der Waals surface area contributed by atoms with Gasteiger partial charge in [0, 0.05) is 19.3 Å². The zero-order valence-corrected chi connectivity index (χ0v) is 12.5. The molecule has 7 nitrogen and oxygen atoms in total. The first-order chi connectivity index (χ1) is 10.8. The molecule has 0 saturated carbocycles. The number of ether oxygens (including phenoxy) is 1. The summed E-state index contributed by atoms with van der Waals surface area (Å²) in [6.07, 6.45) is 10.5. The van der Waals surface area contributed by atoms with E-state index in [0.29, 0.717) is 0 Å². The smallest absolute Gasteiger partial charge is 0.409 e. The van der Waals surface area contributed by atoms with E-state index in [4.69, 9.17) is 0 Å². The summed E-state index contributed by atoms with van der Waals surface area (Å²) in [5.41, 5.74) is 2.97. The number of nitrogens with one attached hydrogen (secondary N) is 1. The van der Waals surface area contributed by atoms with Gasteiger partial charge in [-0.2, -0.15) is 0 Å². The first-order valence-electron chi connectivity index (χ1n) is 7.36. The van der Waals surface area contributed by atoms with Crippen LogP contribution in [0.25, 0.3) is 16.7 Å². The molecular weight excluding hydrogens is 282 g/mol. The number of methoxy groups -OCH3 is 1. The molecule has 1 fully saturated rings. The molecule has 3 aromatic heterocycles. The first-order valence-corrected chi connectivity index (χ1v) is 7.36. The quantitative estimate of drug-likeness (QED) is 0.692. The second kappa shape index (κ2) is 6.46. The van der Waals surface area contributed by atoms with Crippen LogP contribution in [-0.2, 0) is 4.74 Å². The molecule has 1 amide bonds. The summed E-state index contributed by atoms with van der Waals surface area (Å²) in [4.78, 5) is 23.9. The molecule has 0 radical (unpaired) electrons. The fraction of sp³-hybridized carbons (Fsp3) is 0.400. The zero-order chi connectivity index (χ0) is 15.4. The highest BCUT2D eigenvalue weighted by Crippen LogP contribution is 2.11. The standard InChI is InChI=1S/C8H6N4.C7H13NO2/c1-2-10-8-7(1)12-5-9-3-6(12)4-11-8;1-10-7(9)8-5-3-2-4-6-8/h1-5,10H;2-6H2,1H3. The van der Waals surface area contributed by atoms with Crippen molar-refractivity contribution in [3.8, 4) is 0 Å². The lowest BCUT2D eigenvalue weighted by Gasteiger charge is -2.24. The van der Waals surface area contributed by atoms with Crippen LogP contribution in [0.4, 0.5) is 4.79 Å². The van der Waals surface area contributed by atoms with Gasteiger partial charge >= 0.3 is 6.09 Å². The lowest BCUT2D eigenvalue weighted by molar-refractivity contribution is 0.115. The van der Waals surface area contributed by atoms with Gasteiger partial charge in [-0.3, -0.25) is 4.40 Å². The van der Waals surface area contributed by atoms with Crippen LogP contribution in [-0.4, -0.2) is 50.5 Å². The maximum Gasteiger partial charge on any atom is 0.409 e. The molecule has 4 heterocycles. The maximum absolute atomic E-state index is 10.9. The number of amides is 1. The van der Waals surface area contributed by atoms with Gasteiger partial charge in [0.2, 0.25) is 0 Å². The predicted molar refractivity (Wildman–Crippen MR) is 82.7 cm³/mol. The van der Waals surface area contributed by atoms with Crippen molar-refractivity contribution in [2.75, 3.05) is 20.2 Å². The molecule has 1 N–H and O–H groups in total. The molecule has 7 heteroatoms. The summed E-state index contributed by atoms with van der Waals surface area (Å²) < 4.78 is 6.58. The highest BCUT2D eigenvalue weighted by Gasteiger charge is 2.15. The third-order valence-electron chi connectivity index (χ3n) is 3.75. The fourth-order valence-electron chi connectivity index (χ4n) is 2.59. The number of fused-ring (bicyclic) bond motifs is 3. The van der Waals surface area contributed by atoms with Crippen LogP contribution in [0.1, 0.15) is 19.3 Å². The van der Waals surface area contributed by atoms with Crippen LogP contribution < -0.4 is 0 Å². The molecule has 3 aromatic rings. The number of carbonyl (C=O) groups is 1. The Kier molecular flexibility index (Phi) is 4.22. The number of aromatic amines is 1. The van der Waals surface area contributed by atoms with Gasteiger partial charge in [-0.25, -0.2) is 14.8 Å². The van der Waals surface area contributed by atoms with Crippen molar-refractivity contribution in [1.29, 1.82) is 0 Å². The molecule has 4 rings (SSSR count). The van der Waals surface area contributed by atoms with Crippen molar-refractivity contribution >= 4 is 22.8 Å². The summed E-state index contributed by atoms with van der Waals surface area (Å²) in [6.45, 7) is 1.74. The van der Waals surface area contributed by atoms with E-state index < -0.39 is 0 Å². The second-order valence-corrected chi connectivity index (χ2v) is 5.18. The van der Waals surface area contributed by atoms with Crippen molar-refractivity contribution in [3.63, 3.8) is 0 Å². The van der Waals surface area contributed by atoms with E-state index in [2.05, 4.69) is 19.7 Å². The Morgan fingerprint density at radius 1 is 1.27 bits per heavy atom. The van der Waals surface area contributed by atoms with Crippen LogP contribution in [0.2, 0.25) is 0 Å². The molecule has 0 bridgehead atoms. The molecule has 0 spiro atoms. The normalized spacial score (nSPS) is 14.7. The van der Waals surface area contributed by atoms with Crippen molar-refractivity contribution in [3.05, 3.63) is 31.0 Å². The third kappa shape index (κ3) is 2.88. The van der Waals surface area contributed by atoms with Gasteiger partial charge in [0.25, 0.3) is 0 Å². The largest absolute Gasteiger partial charge is 0.453 e. The van der Waals surface area contributed by atoms with E-state index in [-0.39, 0.29) is 6.09 Å². The lowest BCUT2D eigenvalue weighted by atomic mass is 10.1. The van der Waals surface area contributed by atoms with Crippen LogP contribution in [0.15, 0.2) is 31.0 Å². The van der Waals surface area contributed by atoms with Gasteiger partial charge in [-0.15, -0.1) is 0 Å². The molecule has 0 aliphatic carbocycles. The number of aromatic nitrogens is 4. The average Bonchev–Trinajstić information content (AvgIpc) is 3.23. The lowest BCUT2D eigenvalue weighted by Crippen LogP contribution is -2.35. The predicted octanol–water partition coefficient (Wildman–Crippen LogP) is 2.45. The Morgan fingerprint density at radius 2 is 2.09 bits per heavy atom. The Labute approximate surface area is 127 Å². The van der Waals surface area contributed by atoms with E-state index in [1.165, 1.54) is 13.5 Å². The Morgan fingerprint density at radius 3 is 2.86 bits per heavy atom. The third-order valence-corrected chi connectivity index (χ3v) is 3.75. The highest BCUT2D eigenvalue weighted by molar-refractivity contribution is 5.74. The number of nitrogens with zero attached hydrogens (tertiary/aromatic N) is 4. The van der Waals surface area contributed by atoms with E-state index in [1.54, 1.807) is 23.6 Å². The van der Waals surface area contributed by atoms with Crippen LogP contribution in [0, 0.1) is 0 Å². The minimum absolute atomic E-state index is 0.181. The van der Waals surface area contributed by atoms with Crippen LogP contribution in [0.3, 0.4) is 0 Å². The number of carbonyl (C=O) groups excluding carboxylic acids is 1. The Hall–Kier alpha value is -2.57. The first kappa shape index (κ1) is 14.4. The number of rotatable bonds is 0. The highest BCUT2D eigenvalue weighted by atomic mass is 16.5. The molecule has 1 saturated heterocycles. The topological polar surface area (TPSA) is 75.5 Å². The minimum Gasteiger partial charge on any atom is -0.453 e. The second-order valence-electron chi connectivity index (χ2n) is 5.18. The summed E-state index contributed by atoms with van der Waals surface area (Å²) in [6, 6.07) is 1.98. The number of hydrogen-bond donors (Lipinski definition) is 1. The Bertz CT molecular complexity index is 708. The maximum atomic E-state index is 10.9. The monoisotopic (exact) mass is 301 g/mol. The van der Waals surface area contributed by atoms with E-state index in [1.807, 2.05) is 16.7 Å². The van der Waals surface area contributed by atoms with E-state index >= 15 is 0 Å². The van der Waals surface area contributed by atoms with Crippen LogP contribution >= 0.6 is 0 Å². The van der Waals surface area contributed by atoms with Gasteiger partial charge in [0.15, 0.2) is 5.65 Å². The summed E-state index contributed by atoms with van der Waals surface area (Å²) in [7, 11) is 1.43. The van der Waals surface area contributed by atoms with Crippen molar-refractivity contribution in [2.24, 2.45) is 0 Å². The Balaban J connectivity index is 0.000000134. The summed E-state index contributed by atoms with van der Waals surface area (Å²) in [5.74, 6) is 0. The van der Waals surface area contributed by atoms with Gasteiger partial charge in [-0.1, -0.05) is 0 Å². The summed E-state index contributed by atoms with van der Waals surface area (Å²) >= 11 is 0. The van der Waals surface area contributed by atoms with Gasteiger partial charge in [0.05, 0.1) is 36.9 Å². The van der Waals surface area contributed by atoms with Gasteiger partial charge in [-0.05, 0) is 25.3 Å². The molecule has 0 atom stereocenters. The van der Waals surface area contributed by atoms with Gasteiger partial charge in [0.1, 0.15) is 0 Å². The van der Waals surface area contributed by atoms with Crippen molar-refractivity contribution in [2.45, 2.75) is 19.3 Å². The molecule has 0 unspecified atom stereocenters. The number of H-pyrrole nitrogens is 1. The number of hydrogen-bond acceptors (Lipinski definition) is 4. The van der Waals surface area contributed by atoms with E-state index in [0.717, 1.165) is 42.6 Å². The number of imidazole rings is 1. The van der Waals surface area contributed by atoms with Crippen molar-refractivity contribution < 1.29 is 9.53 Å². The molecule has 1 aliphatic heterocycles. The van der Waals surface area contributed by atoms with E-state index in [9.17, 15) is 4.79 Å². The van der Waals surface area contributed by atoms with Gasteiger partial charge < -0.3 is 14.6 Å². The zero-order valence-electron chi connectivity index (χ0n) is 12.5. The van der Waals surface area contributed by atoms with Crippen molar-refractivity contribution in [1.82, 2.24) is 24.3 Å². The minimum atomic E-state index is -0.181. The molecule has 22 heavy (non-hydrogen) atoms. The molecule has 1 aliphatic rings. The number of piperidine rings is 1. The molecule has 0 aromatic carbocycles. The average molecular weight is 301 g/mol. The fourth-order valence-corrected chi connectivity index (χ4v) is 2.59. The number of likely N-dealkylation sites (tertiary alicyclic amines) is 1. The molecular formula is C15H19N5O2.